The van der Waals surface area contributed by atoms with E-state index in [0.29, 0.717) is 11.7 Å². The fourth-order valence-corrected chi connectivity index (χ4v) is 4.82. The zero-order chi connectivity index (χ0) is 16.2. The van der Waals surface area contributed by atoms with Gasteiger partial charge >= 0.3 is 6.03 Å². The summed E-state index contributed by atoms with van der Waals surface area (Å²) >= 11 is 1.87. The number of carbonyl (C=O) groups is 2. The van der Waals surface area contributed by atoms with Gasteiger partial charge in [-0.05, 0) is 19.5 Å². The maximum atomic E-state index is 11.6. The number of unbranched alkanes of at least 4 members (excludes halogenated alkanes) is 1. The summed E-state index contributed by atoms with van der Waals surface area (Å²) in [4.78, 5) is 33.8. The number of carbonyl (C=O) groups excluding carboxylic acids is 2. The molecule has 2 heterocycles. The highest BCUT2D eigenvalue weighted by molar-refractivity contribution is 8.00. The third-order valence-corrected chi connectivity index (χ3v) is 6.47. The average Bonchev–Trinajstić information content (AvgIpc) is 2.93. The van der Waals surface area contributed by atoms with Crippen molar-refractivity contribution in [2.24, 2.45) is 0 Å². The van der Waals surface area contributed by atoms with Crippen LogP contribution in [0, 0.1) is 0 Å². The van der Waals surface area contributed by atoms with Crippen molar-refractivity contribution in [3.8, 4) is 0 Å². The van der Waals surface area contributed by atoms with Gasteiger partial charge in [0.2, 0.25) is 5.91 Å². The van der Waals surface area contributed by atoms with E-state index in [1.807, 2.05) is 11.8 Å². The molecule has 0 saturated carbocycles. The summed E-state index contributed by atoms with van der Waals surface area (Å²) in [6.07, 6.45) is 3.11. The summed E-state index contributed by atoms with van der Waals surface area (Å²) in [6.45, 7) is 1.37. The predicted molar refractivity (Wildman–Crippen MR) is 85.4 cm³/mol. The Kier molecular flexibility index (Phi) is 6.17. The zero-order valence-corrected chi connectivity index (χ0v) is 14.4. The van der Waals surface area contributed by atoms with Crippen molar-refractivity contribution in [1.29, 1.82) is 0 Å². The Morgan fingerprint density at radius 2 is 2.23 bits per heavy atom. The topological polar surface area (TPSA) is 110 Å². The van der Waals surface area contributed by atoms with Gasteiger partial charge < -0.3 is 25.4 Å². The van der Waals surface area contributed by atoms with Gasteiger partial charge in [0.25, 0.3) is 0 Å². The molecule has 0 aromatic heterocycles. The van der Waals surface area contributed by atoms with Gasteiger partial charge in [-0.2, -0.15) is 11.8 Å². The molecule has 0 aromatic rings. The molecule has 0 bridgehead atoms. The molecular weight excluding hydrogens is 325 g/mol. The van der Waals surface area contributed by atoms with Gasteiger partial charge in [0.1, 0.15) is 0 Å². The van der Waals surface area contributed by atoms with Crippen LogP contribution in [0.4, 0.5) is 4.79 Å². The Bertz CT molecular complexity index is 470. The van der Waals surface area contributed by atoms with E-state index in [1.165, 1.54) is 6.66 Å². The molecule has 3 amide bonds. The lowest BCUT2D eigenvalue weighted by atomic mass is 10.0. The van der Waals surface area contributed by atoms with Crippen molar-refractivity contribution in [3.05, 3.63) is 0 Å². The van der Waals surface area contributed by atoms with Gasteiger partial charge in [0, 0.05) is 37.5 Å². The van der Waals surface area contributed by atoms with E-state index in [0.717, 1.165) is 25.0 Å². The number of rotatable bonds is 8. The normalized spacial score (nSPS) is 29.4. The molecule has 2 saturated heterocycles. The number of hydrogen-bond acceptors (Lipinski definition) is 5. The lowest BCUT2D eigenvalue weighted by molar-refractivity contribution is -0.173. The van der Waals surface area contributed by atoms with Crippen LogP contribution in [0.3, 0.4) is 0 Å². The summed E-state index contributed by atoms with van der Waals surface area (Å²) in [5.74, 6) is 0.849. The first-order valence-electron chi connectivity index (χ1n) is 7.58. The van der Waals surface area contributed by atoms with E-state index in [2.05, 4.69) is 16.0 Å². The summed E-state index contributed by atoms with van der Waals surface area (Å²) in [7, 11) is -3.29. The van der Waals surface area contributed by atoms with Gasteiger partial charge in [-0.3, -0.25) is 4.79 Å². The zero-order valence-electron chi connectivity index (χ0n) is 12.7. The number of thioether (sulfide) groups is 1. The van der Waals surface area contributed by atoms with E-state index >= 15 is 0 Å². The molecule has 4 atom stereocenters. The molecule has 22 heavy (non-hydrogen) atoms. The van der Waals surface area contributed by atoms with Crippen LogP contribution < -0.4 is 20.8 Å². The van der Waals surface area contributed by atoms with Gasteiger partial charge in [-0.15, -0.1) is 0 Å². The Labute approximate surface area is 134 Å². The maximum Gasteiger partial charge on any atom is 0.315 e. The highest BCUT2D eigenvalue weighted by Crippen LogP contribution is 2.33. The molecule has 0 aliphatic carbocycles. The molecule has 0 aromatic carbocycles. The second kappa shape index (κ2) is 7.70. The SMILES string of the molecule is CP(=O)([O-])CCNC(=O)CCCCC1SCC2NC(=O)NC21. The summed E-state index contributed by atoms with van der Waals surface area (Å²) in [5.41, 5.74) is 0. The van der Waals surface area contributed by atoms with E-state index in [9.17, 15) is 19.0 Å². The van der Waals surface area contributed by atoms with E-state index in [4.69, 9.17) is 0 Å². The van der Waals surface area contributed by atoms with Crippen molar-refractivity contribution in [2.45, 2.75) is 43.0 Å². The minimum atomic E-state index is -3.29. The van der Waals surface area contributed by atoms with Crippen LogP contribution in [-0.2, 0) is 9.36 Å². The Hall–Kier alpha value is -0.720. The molecule has 9 heteroatoms. The average molecular weight is 348 g/mol. The van der Waals surface area contributed by atoms with Gasteiger partial charge in [0.05, 0.1) is 12.1 Å². The van der Waals surface area contributed by atoms with Crippen LogP contribution in [0.25, 0.3) is 0 Å². The quantitative estimate of drug-likeness (QED) is 0.327. The first-order valence-corrected chi connectivity index (χ1v) is 10.9. The second-order valence-corrected chi connectivity index (χ2v) is 9.70. The Morgan fingerprint density at radius 1 is 1.45 bits per heavy atom. The maximum absolute atomic E-state index is 11.6. The number of nitrogens with one attached hydrogen (secondary N) is 3. The monoisotopic (exact) mass is 348 g/mol. The van der Waals surface area contributed by atoms with Gasteiger partial charge in [0.15, 0.2) is 0 Å². The van der Waals surface area contributed by atoms with Crippen LogP contribution in [0.15, 0.2) is 0 Å². The van der Waals surface area contributed by atoms with Gasteiger partial charge in [-0.25, -0.2) is 4.79 Å². The first kappa shape index (κ1) is 17.6. The summed E-state index contributed by atoms with van der Waals surface area (Å²) in [6, 6.07) is 0.371. The van der Waals surface area contributed by atoms with Crippen molar-refractivity contribution in [2.75, 3.05) is 25.1 Å². The number of fused-ring (bicyclic) bond motifs is 1. The molecule has 2 aliphatic rings. The number of hydrogen-bond donors (Lipinski definition) is 3. The third-order valence-electron chi connectivity index (χ3n) is 3.92. The first-order chi connectivity index (χ1) is 10.3. The van der Waals surface area contributed by atoms with E-state index < -0.39 is 7.37 Å². The van der Waals surface area contributed by atoms with Crippen LogP contribution in [0.1, 0.15) is 25.7 Å². The second-order valence-electron chi connectivity index (χ2n) is 5.96. The molecule has 3 N–H and O–H groups in total. The number of urea groups is 1. The van der Waals surface area contributed by atoms with E-state index in [-0.39, 0.29) is 36.7 Å². The minimum absolute atomic E-state index is 0.00716. The lowest BCUT2D eigenvalue weighted by Gasteiger charge is -2.17. The Morgan fingerprint density at radius 3 is 2.95 bits per heavy atom. The standard InChI is InChI=1S/C13H24N3O4PS/c1-21(19,20)7-6-14-11(17)5-3-2-4-10-12-9(8-22-10)15-13(18)16-12/h9-10,12H,2-8H2,1H3,(H,14,17)(H,19,20)(H2,15,16,18)/p-1. The fourth-order valence-electron chi connectivity index (χ4n) is 2.76. The Balaban J connectivity index is 1.55. The largest absolute Gasteiger partial charge is 0.799 e. The molecule has 4 unspecified atom stereocenters. The number of amides is 3. The third kappa shape index (κ3) is 5.48. The summed E-state index contributed by atoms with van der Waals surface area (Å²) < 4.78 is 11.0. The minimum Gasteiger partial charge on any atom is -0.799 e. The molecule has 0 radical (unpaired) electrons. The molecule has 0 spiro atoms. The van der Waals surface area contributed by atoms with Crippen molar-refractivity contribution in [1.82, 2.24) is 16.0 Å². The highest BCUT2D eigenvalue weighted by atomic mass is 32.2. The van der Waals surface area contributed by atoms with Crippen molar-refractivity contribution < 1.29 is 19.0 Å². The highest BCUT2D eigenvalue weighted by Gasteiger charge is 2.42. The lowest BCUT2D eigenvalue weighted by Crippen LogP contribution is -2.36. The molecular formula is C13H23N3O4PS-. The molecule has 2 fully saturated rings. The van der Waals surface area contributed by atoms with Crippen LogP contribution in [0.5, 0.6) is 0 Å². The fraction of sp³-hybridized carbons (Fsp3) is 0.846. The van der Waals surface area contributed by atoms with Crippen LogP contribution in [0.2, 0.25) is 0 Å². The molecule has 7 nitrogen and oxygen atoms in total. The van der Waals surface area contributed by atoms with Crippen molar-refractivity contribution >= 4 is 31.1 Å². The summed E-state index contributed by atoms with van der Waals surface area (Å²) in [5, 5.41) is 8.90. The van der Waals surface area contributed by atoms with E-state index in [1.54, 1.807) is 0 Å². The molecule has 2 rings (SSSR count). The van der Waals surface area contributed by atoms with Crippen molar-refractivity contribution in [3.63, 3.8) is 0 Å². The van der Waals surface area contributed by atoms with Crippen LogP contribution in [-0.4, -0.2) is 54.4 Å². The smallest absolute Gasteiger partial charge is 0.315 e. The van der Waals surface area contributed by atoms with Gasteiger partial charge in [-0.1, -0.05) is 6.42 Å². The molecule has 126 valence electrons. The predicted octanol–water partition coefficient (Wildman–Crippen LogP) is 0.0966. The van der Waals surface area contributed by atoms with Crippen LogP contribution >= 0.6 is 19.1 Å². The molecule has 2 aliphatic heterocycles.